The summed E-state index contributed by atoms with van der Waals surface area (Å²) in [7, 11) is 0. The van der Waals surface area contributed by atoms with Gasteiger partial charge >= 0.3 is 11.6 Å². The summed E-state index contributed by atoms with van der Waals surface area (Å²) in [5.41, 5.74) is 0.467. The predicted molar refractivity (Wildman–Crippen MR) is 80.4 cm³/mol. The number of esters is 1. The lowest BCUT2D eigenvalue weighted by molar-refractivity contribution is -0.782. The number of hydrogen-bond acceptors (Lipinski definition) is 7. The number of carbonyl (C=O) groups is 1. The third kappa shape index (κ3) is 2.35. The van der Waals surface area contributed by atoms with Crippen molar-refractivity contribution in [1.82, 2.24) is 5.16 Å². The molecule has 0 aliphatic carbocycles. The molecule has 0 radical (unpaired) electrons. The van der Waals surface area contributed by atoms with E-state index >= 15 is 0 Å². The molecule has 2 heterocycles. The average molecular weight is 324 g/mol. The summed E-state index contributed by atoms with van der Waals surface area (Å²) in [5.74, 6) is -0.420. The first-order chi connectivity index (χ1) is 11.6. The minimum atomic E-state index is -0.644. The largest absolute Gasteiger partial charge is 0.423 e. The van der Waals surface area contributed by atoms with Gasteiger partial charge in [0, 0.05) is 28.7 Å². The van der Waals surface area contributed by atoms with Crippen LogP contribution in [0.15, 0.2) is 62.4 Å². The van der Waals surface area contributed by atoms with Gasteiger partial charge in [-0.25, -0.2) is 9.59 Å². The Morgan fingerprint density at radius 1 is 1.12 bits per heavy atom. The Balaban J connectivity index is 1.65. The number of carbonyl (C=O) groups excluding carboxylic acids is 1. The van der Waals surface area contributed by atoms with Gasteiger partial charge < -0.3 is 14.4 Å². The minimum Gasteiger partial charge on any atom is -0.423 e. The average Bonchev–Trinajstić information content (AvgIpc) is 2.95. The van der Waals surface area contributed by atoms with Gasteiger partial charge in [0.25, 0.3) is 0 Å². The first-order valence-electron chi connectivity index (χ1n) is 6.86. The van der Waals surface area contributed by atoms with Gasteiger partial charge in [-0.3, -0.25) is 4.63 Å². The standard InChI is InChI=1S/C16H8N2O6/c19-15-6-3-9-1-4-11(8-14(9)23-15)22-16(20)10-2-5-13-12(7-10)17-24-18(13)21/h1-8H. The lowest BCUT2D eigenvalue weighted by Gasteiger charge is -2.04. The van der Waals surface area contributed by atoms with Crippen LogP contribution in [0, 0.1) is 5.21 Å². The van der Waals surface area contributed by atoms with E-state index in [9.17, 15) is 14.8 Å². The molecule has 0 bridgehead atoms. The van der Waals surface area contributed by atoms with Crippen LogP contribution >= 0.6 is 0 Å². The van der Waals surface area contributed by atoms with Crippen LogP contribution in [-0.4, -0.2) is 11.1 Å². The summed E-state index contributed by atoms with van der Waals surface area (Å²) in [6, 6.07) is 11.9. The van der Waals surface area contributed by atoms with Crippen molar-refractivity contribution in [3.8, 4) is 5.75 Å². The van der Waals surface area contributed by atoms with Crippen LogP contribution in [0.25, 0.3) is 22.0 Å². The number of benzene rings is 2. The van der Waals surface area contributed by atoms with Crippen molar-refractivity contribution in [3.63, 3.8) is 0 Å². The van der Waals surface area contributed by atoms with E-state index in [0.29, 0.717) is 11.0 Å². The highest BCUT2D eigenvalue weighted by atomic mass is 16.8. The summed E-state index contributed by atoms with van der Waals surface area (Å²) in [6.07, 6.45) is 0. The Morgan fingerprint density at radius 2 is 1.96 bits per heavy atom. The SMILES string of the molecule is O=C(Oc1ccc2ccc(=O)oc2c1)c1ccc2c(c1)no[n+]2[O-]. The maximum Gasteiger partial charge on any atom is 0.343 e. The topological polar surface area (TPSA) is 109 Å². The molecule has 8 heteroatoms. The third-order valence-corrected chi connectivity index (χ3v) is 3.43. The zero-order valence-electron chi connectivity index (χ0n) is 12.0. The predicted octanol–water partition coefficient (Wildman–Crippen LogP) is 1.79. The molecule has 0 atom stereocenters. The highest BCUT2D eigenvalue weighted by Gasteiger charge is 2.15. The molecular weight excluding hydrogens is 316 g/mol. The lowest BCUT2D eigenvalue weighted by Crippen LogP contribution is -2.22. The Hall–Kier alpha value is -3.68. The fourth-order valence-electron chi connectivity index (χ4n) is 2.27. The smallest absolute Gasteiger partial charge is 0.343 e. The number of nitrogens with zero attached hydrogens (tertiary/aromatic N) is 2. The van der Waals surface area contributed by atoms with Gasteiger partial charge in [0.05, 0.1) is 5.56 Å². The molecule has 8 nitrogen and oxygen atoms in total. The molecular formula is C16H8N2O6. The zero-order valence-corrected chi connectivity index (χ0v) is 12.0. The van der Waals surface area contributed by atoms with Crippen LogP contribution in [0.5, 0.6) is 5.75 Å². The molecule has 2 aromatic carbocycles. The number of aromatic nitrogens is 2. The van der Waals surface area contributed by atoms with Crippen molar-refractivity contribution in [2.24, 2.45) is 0 Å². The second-order valence-corrected chi connectivity index (χ2v) is 4.98. The second-order valence-electron chi connectivity index (χ2n) is 4.98. The summed E-state index contributed by atoms with van der Waals surface area (Å²) in [6.45, 7) is 0. The highest BCUT2D eigenvalue weighted by molar-refractivity contribution is 5.94. The molecule has 4 aromatic rings. The molecule has 0 spiro atoms. The van der Waals surface area contributed by atoms with Crippen molar-refractivity contribution >= 4 is 28.0 Å². The highest BCUT2D eigenvalue weighted by Crippen LogP contribution is 2.21. The molecule has 2 aromatic heterocycles. The molecule has 24 heavy (non-hydrogen) atoms. The van der Waals surface area contributed by atoms with Crippen molar-refractivity contribution in [2.45, 2.75) is 0 Å². The van der Waals surface area contributed by atoms with Crippen LogP contribution < -0.4 is 15.3 Å². The summed E-state index contributed by atoms with van der Waals surface area (Å²) in [4.78, 5) is 23.7. The van der Waals surface area contributed by atoms with Crippen molar-refractivity contribution in [1.29, 1.82) is 0 Å². The van der Waals surface area contributed by atoms with Gasteiger partial charge in [0.15, 0.2) is 0 Å². The zero-order chi connectivity index (χ0) is 16.7. The molecule has 0 fully saturated rings. The van der Waals surface area contributed by atoms with Gasteiger partial charge in [-0.2, -0.15) is 0 Å². The van der Waals surface area contributed by atoms with Crippen molar-refractivity contribution in [2.75, 3.05) is 0 Å². The monoisotopic (exact) mass is 324 g/mol. The first-order valence-corrected chi connectivity index (χ1v) is 6.86. The van der Waals surface area contributed by atoms with Crippen molar-refractivity contribution in [3.05, 3.63) is 69.7 Å². The van der Waals surface area contributed by atoms with E-state index in [0.717, 1.165) is 0 Å². The van der Waals surface area contributed by atoms with Crippen molar-refractivity contribution < 1.29 is 23.5 Å². The summed E-state index contributed by atoms with van der Waals surface area (Å²) >= 11 is 0. The summed E-state index contributed by atoms with van der Waals surface area (Å²) in [5, 5.41) is 15.5. The number of ether oxygens (including phenoxy) is 1. The van der Waals surface area contributed by atoms with Gasteiger partial charge in [0.2, 0.25) is 11.0 Å². The van der Waals surface area contributed by atoms with Crippen LogP contribution in [0.1, 0.15) is 10.4 Å². The third-order valence-electron chi connectivity index (χ3n) is 3.43. The van der Waals surface area contributed by atoms with Gasteiger partial charge in [-0.1, -0.05) is 0 Å². The van der Waals surface area contributed by atoms with E-state index in [1.54, 1.807) is 18.2 Å². The Labute approximate surface area is 133 Å². The molecule has 0 N–H and O–H groups in total. The Morgan fingerprint density at radius 3 is 2.83 bits per heavy atom. The number of rotatable bonds is 2. The molecule has 118 valence electrons. The minimum absolute atomic E-state index is 0.200. The lowest BCUT2D eigenvalue weighted by atomic mass is 10.2. The van der Waals surface area contributed by atoms with Gasteiger partial charge in [-0.05, 0) is 35.2 Å². The van der Waals surface area contributed by atoms with E-state index < -0.39 is 11.6 Å². The molecule has 0 aliphatic rings. The normalized spacial score (nSPS) is 11.0. The van der Waals surface area contributed by atoms with E-state index in [1.165, 1.54) is 30.3 Å². The summed E-state index contributed by atoms with van der Waals surface area (Å²) < 4.78 is 14.7. The van der Waals surface area contributed by atoms with Crippen LogP contribution in [0.3, 0.4) is 0 Å². The first kappa shape index (κ1) is 13.9. The van der Waals surface area contributed by atoms with E-state index in [-0.39, 0.29) is 27.2 Å². The molecule has 0 amide bonds. The fourth-order valence-corrected chi connectivity index (χ4v) is 2.27. The fraction of sp³-hybridized carbons (Fsp3) is 0. The maximum atomic E-state index is 12.2. The Kier molecular flexibility index (Phi) is 3.02. The molecule has 0 unspecified atom stereocenters. The Bertz CT molecular complexity index is 1140. The molecule has 0 aliphatic heterocycles. The van der Waals surface area contributed by atoms with Gasteiger partial charge in [0.1, 0.15) is 11.3 Å². The molecule has 4 rings (SSSR count). The van der Waals surface area contributed by atoms with Crippen LogP contribution in [-0.2, 0) is 0 Å². The maximum absolute atomic E-state index is 12.2. The molecule has 0 saturated heterocycles. The second kappa shape index (κ2) is 5.20. The quantitative estimate of drug-likeness (QED) is 0.239. The van der Waals surface area contributed by atoms with E-state index in [4.69, 9.17) is 9.15 Å². The van der Waals surface area contributed by atoms with E-state index in [1.807, 2.05) is 0 Å². The molecule has 0 saturated carbocycles. The number of hydrogen-bond donors (Lipinski definition) is 0. The number of fused-ring (bicyclic) bond motifs is 2. The van der Waals surface area contributed by atoms with E-state index in [2.05, 4.69) is 9.79 Å². The van der Waals surface area contributed by atoms with Crippen LogP contribution in [0.4, 0.5) is 0 Å². The van der Waals surface area contributed by atoms with Crippen LogP contribution in [0.2, 0.25) is 0 Å². The van der Waals surface area contributed by atoms with Gasteiger partial charge in [-0.15, -0.1) is 0 Å².